The minimum absolute atomic E-state index is 0.0208. The quantitative estimate of drug-likeness (QED) is 0.364. The molecule has 13 heteroatoms. The zero-order chi connectivity index (χ0) is 27.4. The molecule has 3 aromatic rings. The third-order valence-corrected chi connectivity index (χ3v) is 6.88. The highest BCUT2D eigenvalue weighted by Gasteiger charge is 2.38. The second-order valence-electron chi connectivity index (χ2n) is 11.5. The van der Waals surface area contributed by atoms with Crippen LogP contribution in [0.4, 0.5) is 21.8 Å². The number of anilines is 3. The van der Waals surface area contributed by atoms with Crippen LogP contribution in [0, 0.1) is 5.82 Å². The average molecular weight is 525 g/mol. The summed E-state index contributed by atoms with van der Waals surface area (Å²) in [5.74, 6) is -0.657. The van der Waals surface area contributed by atoms with Gasteiger partial charge in [0.25, 0.3) is 5.91 Å². The van der Waals surface area contributed by atoms with E-state index in [-0.39, 0.29) is 34.5 Å². The molecule has 2 fully saturated rings. The second-order valence-corrected chi connectivity index (χ2v) is 11.5. The Bertz CT molecular complexity index is 1440. The lowest BCUT2D eigenvalue weighted by Gasteiger charge is -2.46. The molecular formula is C25H33FN10O2. The number of nitrogens with one attached hydrogen (secondary N) is 3. The highest BCUT2D eigenvalue weighted by Crippen LogP contribution is 2.44. The van der Waals surface area contributed by atoms with E-state index < -0.39 is 17.4 Å². The van der Waals surface area contributed by atoms with E-state index in [1.54, 1.807) is 6.07 Å². The van der Waals surface area contributed by atoms with Crippen molar-refractivity contribution in [3.05, 3.63) is 45.8 Å². The van der Waals surface area contributed by atoms with Crippen molar-refractivity contribution in [1.29, 1.82) is 0 Å². The lowest BCUT2D eigenvalue weighted by Crippen LogP contribution is -2.60. The van der Waals surface area contributed by atoms with Gasteiger partial charge in [-0.1, -0.05) is 0 Å². The molecule has 0 unspecified atom stereocenters. The highest BCUT2D eigenvalue weighted by atomic mass is 19.1. The summed E-state index contributed by atoms with van der Waals surface area (Å²) in [4.78, 5) is 33.5. The van der Waals surface area contributed by atoms with Gasteiger partial charge in [-0.05, 0) is 81.9 Å². The lowest BCUT2D eigenvalue weighted by molar-refractivity contribution is 0.100. The monoisotopic (exact) mass is 524 g/mol. The summed E-state index contributed by atoms with van der Waals surface area (Å²) < 4.78 is 17.5. The van der Waals surface area contributed by atoms with Crippen molar-refractivity contribution in [2.24, 2.45) is 12.8 Å². The van der Waals surface area contributed by atoms with Crippen LogP contribution in [0.25, 0.3) is 5.69 Å². The summed E-state index contributed by atoms with van der Waals surface area (Å²) in [7, 11) is 1.48. The third kappa shape index (κ3) is 5.23. The second kappa shape index (κ2) is 9.15. The number of rotatable bonds is 7. The van der Waals surface area contributed by atoms with Crippen molar-refractivity contribution in [1.82, 2.24) is 35.1 Å². The summed E-state index contributed by atoms with van der Waals surface area (Å²) in [5.41, 5.74) is 6.10. The van der Waals surface area contributed by atoms with Crippen molar-refractivity contribution in [2.45, 2.75) is 76.4 Å². The third-order valence-electron chi connectivity index (χ3n) is 6.88. The molecule has 0 atom stereocenters. The fourth-order valence-corrected chi connectivity index (χ4v) is 5.57. The van der Waals surface area contributed by atoms with Crippen LogP contribution in [0.15, 0.2) is 23.1 Å². The van der Waals surface area contributed by atoms with Gasteiger partial charge < -0.3 is 21.7 Å². The summed E-state index contributed by atoms with van der Waals surface area (Å²) in [5, 5.41) is 17.7. The molecule has 2 aromatic heterocycles. The predicted molar refractivity (Wildman–Crippen MR) is 140 cm³/mol. The summed E-state index contributed by atoms with van der Waals surface area (Å²) >= 11 is 0. The van der Waals surface area contributed by atoms with Gasteiger partial charge >= 0.3 is 5.69 Å². The normalized spacial score (nSPS) is 18.8. The molecule has 0 spiro atoms. The Morgan fingerprint density at radius 2 is 1.84 bits per heavy atom. The Hall–Kier alpha value is -3.87. The van der Waals surface area contributed by atoms with Gasteiger partial charge in [-0.3, -0.25) is 4.79 Å². The number of aromatic nitrogens is 6. The minimum atomic E-state index is -0.657. The molecule has 1 aliphatic heterocycles. The first-order chi connectivity index (χ1) is 17.8. The fourth-order valence-electron chi connectivity index (χ4n) is 5.57. The zero-order valence-electron chi connectivity index (χ0n) is 22.2. The van der Waals surface area contributed by atoms with Gasteiger partial charge in [-0.15, -0.1) is 0 Å². The van der Waals surface area contributed by atoms with Gasteiger partial charge in [0.2, 0.25) is 5.95 Å². The van der Waals surface area contributed by atoms with Crippen LogP contribution in [0.2, 0.25) is 0 Å². The largest absolute Gasteiger partial charge is 0.368 e. The Morgan fingerprint density at radius 3 is 2.42 bits per heavy atom. The zero-order valence-corrected chi connectivity index (χ0v) is 22.2. The Morgan fingerprint density at radius 1 is 1.16 bits per heavy atom. The van der Waals surface area contributed by atoms with E-state index in [4.69, 9.17) is 5.73 Å². The Kier molecular flexibility index (Phi) is 6.21. The number of hydrogen-bond donors (Lipinski definition) is 4. The lowest BCUT2D eigenvalue weighted by atomic mass is 9.79. The van der Waals surface area contributed by atoms with Gasteiger partial charge in [0.15, 0.2) is 0 Å². The number of benzene rings is 1. The SMILES string of the molecule is Cn1nnn(-c2cc(Nc3ncc(C(N)=O)c(NC4CC(C)(C)NC(C)(C)C4)n3)cc(F)c2C2CC2)c1=O. The standard InChI is InChI=1S/C25H33FN10O2/c1-24(2)10-15(11-25(3,4)32-24)29-21-16(20(27)37)12-28-22(31-21)30-14-8-17(26)19(13-6-7-13)18(9-14)36-23(38)35(5)33-34-36/h8-9,12-13,15,32H,6-7,10-11H2,1-5H3,(H2,27,37)(H2,28,29,30,31). The van der Waals surface area contributed by atoms with E-state index >= 15 is 4.39 Å². The number of carbonyl (C=O) groups is 1. The smallest absolute Gasteiger partial charge is 0.366 e. The van der Waals surface area contributed by atoms with Gasteiger partial charge in [-0.2, -0.15) is 14.3 Å². The Labute approximate surface area is 219 Å². The first kappa shape index (κ1) is 25.8. The Balaban J connectivity index is 1.48. The van der Waals surface area contributed by atoms with Crippen molar-refractivity contribution >= 4 is 23.4 Å². The van der Waals surface area contributed by atoms with Gasteiger partial charge in [0, 0.05) is 41.6 Å². The maximum absolute atomic E-state index is 15.3. The molecule has 0 radical (unpaired) electrons. The van der Waals surface area contributed by atoms with Crippen LogP contribution in [-0.4, -0.2) is 52.8 Å². The first-order valence-corrected chi connectivity index (χ1v) is 12.6. The number of nitrogens with zero attached hydrogens (tertiary/aromatic N) is 6. The van der Waals surface area contributed by atoms with Crippen LogP contribution < -0.4 is 27.4 Å². The van der Waals surface area contributed by atoms with Gasteiger partial charge in [0.1, 0.15) is 11.6 Å². The van der Waals surface area contributed by atoms with E-state index in [9.17, 15) is 9.59 Å². The molecule has 38 heavy (non-hydrogen) atoms. The number of nitrogens with two attached hydrogens (primary N) is 1. The molecule has 1 saturated heterocycles. The number of halogens is 1. The van der Waals surface area contributed by atoms with Gasteiger partial charge in [0.05, 0.1) is 11.3 Å². The molecule has 1 aliphatic carbocycles. The van der Waals surface area contributed by atoms with E-state index in [2.05, 4.69) is 64.0 Å². The van der Waals surface area contributed by atoms with Crippen molar-refractivity contribution in [3.8, 4) is 5.69 Å². The van der Waals surface area contributed by atoms with Crippen LogP contribution in [-0.2, 0) is 7.05 Å². The molecule has 2 aliphatic rings. The number of tetrazole rings is 1. The molecule has 3 heterocycles. The molecular weight excluding hydrogens is 491 g/mol. The number of piperidine rings is 1. The molecule has 1 aromatic carbocycles. The van der Waals surface area contributed by atoms with E-state index in [0.717, 1.165) is 35.0 Å². The molecule has 12 nitrogen and oxygen atoms in total. The topological polar surface area (TPSA) is 158 Å². The highest BCUT2D eigenvalue weighted by molar-refractivity contribution is 5.97. The van der Waals surface area contributed by atoms with Crippen molar-refractivity contribution < 1.29 is 9.18 Å². The van der Waals surface area contributed by atoms with Crippen LogP contribution in [0.1, 0.15) is 75.2 Å². The average Bonchev–Trinajstić information content (AvgIpc) is 3.56. The van der Waals surface area contributed by atoms with Crippen LogP contribution in [0.3, 0.4) is 0 Å². The summed E-state index contributed by atoms with van der Waals surface area (Å²) in [6, 6.07) is 2.99. The van der Waals surface area contributed by atoms with Crippen molar-refractivity contribution in [3.63, 3.8) is 0 Å². The van der Waals surface area contributed by atoms with Crippen LogP contribution in [0.5, 0.6) is 0 Å². The summed E-state index contributed by atoms with van der Waals surface area (Å²) in [6.45, 7) is 8.52. The van der Waals surface area contributed by atoms with E-state index in [1.165, 1.54) is 19.3 Å². The predicted octanol–water partition coefficient (Wildman–Crippen LogP) is 2.34. The number of carbonyl (C=O) groups excluding carboxylic acids is 1. The van der Waals surface area contributed by atoms with Gasteiger partial charge in [-0.25, -0.2) is 14.2 Å². The number of primary amides is 1. The minimum Gasteiger partial charge on any atom is -0.366 e. The molecule has 202 valence electrons. The maximum atomic E-state index is 15.3. The number of amides is 1. The number of aryl methyl sites for hydroxylation is 1. The van der Waals surface area contributed by atoms with Crippen LogP contribution >= 0.6 is 0 Å². The molecule has 0 bridgehead atoms. The molecule has 1 amide bonds. The molecule has 1 saturated carbocycles. The van der Waals surface area contributed by atoms with E-state index in [0.29, 0.717) is 22.8 Å². The van der Waals surface area contributed by atoms with E-state index in [1.807, 2.05) is 0 Å². The molecule has 5 N–H and O–H groups in total. The fraction of sp³-hybridized carbons (Fsp3) is 0.520. The first-order valence-electron chi connectivity index (χ1n) is 12.6. The summed E-state index contributed by atoms with van der Waals surface area (Å²) in [6.07, 6.45) is 4.61. The molecule has 5 rings (SSSR count). The number of hydrogen-bond acceptors (Lipinski definition) is 9. The van der Waals surface area contributed by atoms with Crippen molar-refractivity contribution in [2.75, 3.05) is 10.6 Å². The maximum Gasteiger partial charge on any atom is 0.368 e.